The van der Waals surface area contributed by atoms with Crippen molar-refractivity contribution in [1.82, 2.24) is 10.6 Å². The highest BCUT2D eigenvalue weighted by molar-refractivity contribution is 7.90. The lowest BCUT2D eigenvalue weighted by Gasteiger charge is -2.30. The van der Waals surface area contributed by atoms with Gasteiger partial charge in [0.25, 0.3) is 5.91 Å². The molecule has 1 saturated heterocycles. The third-order valence-electron chi connectivity index (χ3n) is 8.21. The molecule has 3 aromatic rings. The predicted octanol–water partition coefficient (Wildman–Crippen LogP) is 4.01. The van der Waals surface area contributed by atoms with Crippen LogP contribution in [-0.2, 0) is 40.3 Å². The molecule has 4 atom stereocenters. The molecule has 0 aromatic heterocycles. The van der Waals surface area contributed by atoms with Gasteiger partial charge in [-0.1, -0.05) is 105 Å². The molecule has 1 heterocycles. The summed E-state index contributed by atoms with van der Waals surface area (Å²) in [6, 6.07) is 23.5. The highest BCUT2D eigenvalue weighted by Gasteiger charge is 2.77. The van der Waals surface area contributed by atoms with E-state index in [1.807, 2.05) is 49.4 Å². The number of unbranched alkanes of at least 4 members (excludes halogenated alkanes) is 2. The van der Waals surface area contributed by atoms with Gasteiger partial charge in [0.15, 0.2) is 11.3 Å². The Labute approximate surface area is 275 Å². The fourth-order valence-electron chi connectivity index (χ4n) is 5.69. The molecule has 11 nitrogen and oxygen atoms in total. The predicted molar refractivity (Wildman–Crippen MR) is 177 cm³/mol. The standard InChI is InChI=1S/C35H41N3O8S/c1-4-5-8-21-29(39)30(27-20-14-13-19-26(27)25-17-11-7-12-18-25)35(34(2,46-35)32(36)41)38-31(40)28(23-47(3,43)44)37-33(42)45-22-24-15-9-6-10-16-24/h6-7,9-20,28,30H,4-5,8,21-23H2,1-3H3,(H2,36,41)(H,37,42)(H,38,40)/t28-,30?,34+,35-/m0/s1. The third kappa shape index (κ3) is 8.44. The average molecular weight is 664 g/mol. The highest BCUT2D eigenvalue weighted by Crippen LogP contribution is 2.56. The van der Waals surface area contributed by atoms with Crippen LogP contribution in [-0.4, -0.2) is 61.5 Å². The van der Waals surface area contributed by atoms with Crippen LogP contribution >= 0.6 is 0 Å². The maximum Gasteiger partial charge on any atom is 0.408 e. The summed E-state index contributed by atoms with van der Waals surface area (Å²) in [6.45, 7) is 3.25. The Kier molecular flexibility index (Phi) is 11.2. The minimum Gasteiger partial charge on any atom is -0.445 e. The molecule has 1 fully saturated rings. The summed E-state index contributed by atoms with van der Waals surface area (Å²) in [4.78, 5) is 53.9. The van der Waals surface area contributed by atoms with Gasteiger partial charge in [0.05, 0.1) is 11.7 Å². The molecule has 1 unspecified atom stereocenters. The SMILES string of the molecule is CCCCCC(=O)C(c1ccccc1-c1ccccc1)[C@]1(NC(=O)[C@H](CS(C)(=O)=O)NC(=O)OCc2ccccc2)O[C@]1(C)C(N)=O. The zero-order valence-electron chi connectivity index (χ0n) is 26.7. The summed E-state index contributed by atoms with van der Waals surface area (Å²) in [5.41, 5.74) is 4.60. The molecule has 3 aromatic carbocycles. The molecule has 0 radical (unpaired) electrons. The molecule has 47 heavy (non-hydrogen) atoms. The number of carbonyl (C=O) groups excluding carboxylic acids is 4. The van der Waals surface area contributed by atoms with Gasteiger partial charge in [-0.15, -0.1) is 0 Å². The first-order chi connectivity index (χ1) is 22.3. The number of amides is 3. The molecule has 0 spiro atoms. The van der Waals surface area contributed by atoms with Gasteiger partial charge in [0.1, 0.15) is 28.3 Å². The molecule has 1 aliphatic heterocycles. The van der Waals surface area contributed by atoms with Crippen LogP contribution < -0.4 is 16.4 Å². The second-order valence-corrected chi connectivity index (χ2v) is 14.1. The third-order valence-corrected chi connectivity index (χ3v) is 9.15. The van der Waals surface area contributed by atoms with Crippen molar-refractivity contribution in [2.45, 2.75) is 69.4 Å². The minimum atomic E-state index is -3.84. The zero-order chi connectivity index (χ0) is 34.2. The van der Waals surface area contributed by atoms with Crippen LogP contribution in [0, 0.1) is 0 Å². The van der Waals surface area contributed by atoms with E-state index >= 15 is 0 Å². The van der Waals surface area contributed by atoms with Gasteiger partial charge in [0, 0.05) is 12.7 Å². The number of hydrogen-bond donors (Lipinski definition) is 3. The monoisotopic (exact) mass is 663 g/mol. The summed E-state index contributed by atoms with van der Waals surface area (Å²) in [5, 5.41) is 5.00. The van der Waals surface area contributed by atoms with Gasteiger partial charge in [-0.3, -0.25) is 14.4 Å². The Balaban J connectivity index is 1.74. The number of epoxide rings is 1. The number of nitrogens with two attached hydrogens (primary N) is 1. The smallest absolute Gasteiger partial charge is 0.408 e. The van der Waals surface area contributed by atoms with Crippen molar-refractivity contribution in [3.8, 4) is 11.1 Å². The zero-order valence-corrected chi connectivity index (χ0v) is 27.5. The average Bonchev–Trinajstić information content (AvgIpc) is 3.65. The lowest BCUT2D eigenvalue weighted by Crippen LogP contribution is -2.59. The number of ketones is 1. The molecular weight excluding hydrogens is 622 g/mol. The van der Waals surface area contributed by atoms with Crippen LogP contribution in [0.2, 0.25) is 0 Å². The normalized spacial score (nSPS) is 20.0. The van der Waals surface area contributed by atoms with Crippen molar-refractivity contribution in [3.63, 3.8) is 0 Å². The number of ether oxygens (including phenoxy) is 2. The van der Waals surface area contributed by atoms with Gasteiger partial charge >= 0.3 is 6.09 Å². The van der Waals surface area contributed by atoms with E-state index in [0.29, 0.717) is 23.1 Å². The number of sulfone groups is 1. The number of primary amides is 1. The minimum absolute atomic E-state index is 0.119. The van der Waals surface area contributed by atoms with Crippen LogP contribution in [0.1, 0.15) is 56.6 Å². The van der Waals surface area contributed by atoms with Gasteiger partial charge in [-0.05, 0) is 35.6 Å². The second kappa shape index (κ2) is 14.9. The second-order valence-electron chi connectivity index (χ2n) is 11.9. The van der Waals surface area contributed by atoms with Crippen LogP contribution in [0.5, 0.6) is 0 Å². The van der Waals surface area contributed by atoms with Crippen LogP contribution in [0.25, 0.3) is 11.1 Å². The number of benzene rings is 3. The molecule has 4 N–H and O–H groups in total. The van der Waals surface area contributed by atoms with E-state index in [4.69, 9.17) is 15.2 Å². The van der Waals surface area contributed by atoms with Gasteiger partial charge in [-0.2, -0.15) is 0 Å². The largest absolute Gasteiger partial charge is 0.445 e. The lowest BCUT2D eigenvalue weighted by molar-refractivity contribution is -0.127. The van der Waals surface area contributed by atoms with Crippen LogP contribution in [0.15, 0.2) is 84.9 Å². The van der Waals surface area contributed by atoms with E-state index in [1.54, 1.807) is 42.5 Å². The van der Waals surface area contributed by atoms with E-state index in [-0.39, 0.29) is 18.8 Å². The number of nitrogens with one attached hydrogen (secondary N) is 2. The van der Waals surface area contributed by atoms with Gasteiger partial charge in [-0.25, -0.2) is 13.2 Å². The number of rotatable bonds is 16. The maximum atomic E-state index is 14.2. The van der Waals surface area contributed by atoms with Gasteiger partial charge < -0.3 is 25.8 Å². The Morgan fingerprint density at radius 1 is 0.915 bits per heavy atom. The molecule has 12 heteroatoms. The summed E-state index contributed by atoms with van der Waals surface area (Å²) in [7, 11) is -3.84. The van der Waals surface area contributed by atoms with Crippen molar-refractivity contribution in [2.75, 3.05) is 12.0 Å². The number of hydrogen-bond acceptors (Lipinski definition) is 8. The topological polar surface area (TPSA) is 174 Å². The summed E-state index contributed by atoms with van der Waals surface area (Å²) >= 11 is 0. The molecule has 250 valence electrons. The Morgan fingerprint density at radius 3 is 2.13 bits per heavy atom. The first-order valence-corrected chi connectivity index (χ1v) is 17.5. The first-order valence-electron chi connectivity index (χ1n) is 15.5. The van der Waals surface area contributed by atoms with E-state index < -0.39 is 56.8 Å². The lowest BCUT2D eigenvalue weighted by atomic mass is 9.77. The highest BCUT2D eigenvalue weighted by atomic mass is 32.2. The van der Waals surface area contributed by atoms with Crippen molar-refractivity contribution >= 4 is 33.5 Å². The van der Waals surface area contributed by atoms with Gasteiger partial charge in [0.2, 0.25) is 5.91 Å². The van der Waals surface area contributed by atoms with E-state index in [9.17, 15) is 27.6 Å². The fraction of sp³-hybridized carbons (Fsp3) is 0.371. The van der Waals surface area contributed by atoms with Crippen molar-refractivity contribution in [1.29, 1.82) is 0 Å². The summed E-state index contributed by atoms with van der Waals surface area (Å²) in [6.07, 6.45) is 2.18. The molecule has 1 aliphatic rings. The molecule has 4 rings (SSSR count). The Morgan fingerprint density at radius 2 is 1.53 bits per heavy atom. The first kappa shape index (κ1) is 35.3. The molecule has 3 amide bonds. The van der Waals surface area contributed by atoms with Crippen LogP contribution in [0.3, 0.4) is 0 Å². The number of Topliss-reactive ketones (excluding diaryl/α,β-unsaturated/α-hetero) is 1. The molecule has 0 saturated carbocycles. The van der Waals surface area contributed by atoms with E-state index in [1.165, 1.54) is 6.92 Å². The van der Waals surface area contributed by atoms with Crippen molar-refractivity contribution in [2.24, 2.45) is 5.73 Å². The van der Waals surface area contributed by atoms with Crippen molar-refractivity contribution < 1.29 is 37.1 Å². The summed E-state index contributed by atoms with van der Waals surface area (Å²) < 4.78 is 36.1. The number of carbonyl (C=O) groups is 4. The summed E-state index contributed by atoms with van der Waals surface area (Å²) in [5.74, 6) is -4.25. The quantitative estimate of drug-likeness (QED) is 0.152. The van der Waals surface area contributed by atoms with Crippen LogP contribution in [0.4, 0.5) is 4.79 Å². The Hall–Kier alpha value is -4.55. The van der Waals surface area contributed by atoms with E-state index in [0.717, 1.165) is 24.7 Å². The van der Waals surface area contributed by atoms with E-state index in [2.05, 4.69) is 10.6 Å². The molecule has 0 aliphatic carbocycles. The maximum absolute atomic E-state index is 14.2. The Bertz CT molecular complexity index is 1700. The number of alkyl carbamates (subject to hydrolysis) is 1. The molecule has 0 bridgehead atoms. The molecular formula is C35H41N3O8S. The fourth-order valence-corrected chi connectivity index (χ4v) is 6.53. The van der Waals surface area contributed by atoms with Crippen molar-refractivity contribution in [3.05, 3.63) is 96.1 Å².